The standard InChI is InChI=1S/C15H10BrFN2O2/c16-9-2-3-10-11(6-9)15(21)19(14(10)20)7-8-1-4-13(18)12(17)5-8/h1-6H,7,18H2. The molecule has 0 aliphatic carbocycles. The third kappa shape index (κ3) is 2.31. The fourth-order valence-corrected chi connectivity index (χ4v) is 2.62. The van der Waals surface area contributed by atoms with E-state index < -0.39 is 5.82 Å². The number of halogens is 2. The van der Waals surface area contributed by atoms with Crippen LogP contribution in [-0.4, -0.2) is 16.7 Å². The van der Waals surface area contributed by atoms with Gasteiger partial charge in [-0.25, -0.2) is 4.39 Å². The fourth-order valence-electron chi connectivity index (χ4n) is 2.26. The molecule has 1 aliphatic rings. The molecule has 0 spiro atoms. The van der Waals surface area contributed by atoms with E-state index in [9.17, 15) is 14.0 Å². The van der Waals surface area contributed by atoms with Gasteiger partial charge in [0.15, 0.2) is 0 Å². The van der Waals surface area contributed by atoms with Crippen LogP contribution in [0.15, 0.2) is 40.9 Å². The summed E-state index contributed by atoms with van der Waals surface area (Å²) in [7, 11) is 0. The zero-order chi connectivity index (χ0) is 15.1. The van der Waals surface area contributed by atoms with Gasteiger partial charge in [0, 0.05) is 4.47 Å². The van der Waals surface area contributed by atoms with Gasteiger partial charge >= 0.3 is 0 Å². The Bertz CT molecular complexity index is 776. The van der Waals surface area contributed by atoms with Crippen LogP contribution in [0.4, 0.5) is 10.1 Å². The van der Waals surface area contributed by atoms with Gasteiger partial charge in [-0.3, -0.25) is 14.5 Å². The highest BCUT2D eigenvalue weighted by atomic mass is 79.9. The molecule has 0 saturated carbocycles. The van der Waals surface area contributed by atoms with Gasteiger partial charge in [-0.15, -0.1) is 0 Å². The molecule has 3 rings (SSSR count). The Labute approximate surface area is 128 Å². The van der Waals surface area contributed by atoms with E-state index in [4.69, 9.17) is 5.73 Å². The number of carbonyl (C=O) groups excluding carboxylic acids is 2. The minimum Gasteiger partial charge on any atom is -0.396 e. The van der Waals surface area contributed by atoms with E-state index in [1.807, 2.05) is 0 Å². The van der Waals surface area contributed by atoms with Gasteiger partial charge in [-0.05, 0) is 35.9 Å². The smallest absolute Gasteiger partial charge is 0.261 e. The minimum absolute atomic E-state index is 0.0150. The van der Waals surface area contributed by atoms with E-state index in [-0.39, 0.29) is 24.0 Å². The third-order valence-electron chi connectivity index (χ3n) is 3.34. The summed E-state index contributed by atoms with van der Waals surface area (Å²) in [4.78, 5) is 25.6. The van der Waals surface area contributed by atoms with Gasteiger partial charge in [0.1, 0.15) is 5.82 Å². The monoisotopic (exact) mass is 348 g/mol. The molecule has 106 valence electrons. The Kier molecular flexibility index (Phi) is 3.25. The second-order valence-electron chi connectivity index (χ2n) is 4.74. The normalized spacial score (nSPS) is 13.7. The van der Waals surface area contributed by atoms with Crippen LogP contribution < -0.4 is 5.73 Å². The lowest BCUT2D eigenvalue weighted by Gasteiger charge is -2.14. The number of rotatable bonds is 2. The first-order chi connectivity index (χ1) is 9.97. The molecule has 2 amide bonds. The van der Waals surface area contributed by atoms with Crippen molar-refractivity contribution in [3.05, 3.63) is 63.4 Å². The lowest BCUT2D eigenvalue weighted by Crippen LogP contribution is -2.29. The van der Waals surface area contributed by atoms with Crippen LogP contribution in [0.2, 0.25) is 0 Å². The van der Waals surface area contributed by atoms with Crippen LogP contribution in [-0.2, 0) is 6.54 Å². The largest absolute Gasteiger partial charge is 0.396 e. The van der Waals surface area contributed by atoms with E-state index in [1.165, 1.54) is 12.1 Å². The van der Waals surface area contributed by atoms with Gasteiger partial charge in [0.25, 0.3) is 11.8 Å². The number of fused-ring (bicyclic) bond motifs is 1. The van der Waals surface area contributed by atoms with Crippen LogP contribution in [0.5, 0.6) is 0 Å². The molecule has 6 heteroatoms. The highest BCUT2D eigenvalue weighted by Gasteiger charge is 2.35. The van der Waals surface area contributed by atoms with Crippen molar-refractivity contribution in [3.63, 3.8) is 0 Å². The number of carbonyl (C=O) groups is 2. The SMILES string of the molecule is Nc1ccc(CN2C(=O)c3ccc(Br)cc3C2=O)cc1F. The van der Waals surface area contributed by atoms with Crippen molar-refractivity contribution in [1.29, 1.82) is 0 Å². The van der Waals surface area contributed by atoms with Gasteiger partial charge in [-0.1, -0.05) is 22.0 Å². The molecule has 0 saturated heterocycles. The average molecular weight is 349 g/mol. The van der Waals surface area contributed by atoms with Crippen molar-refractivity contribution in [2.75, 3.05) is 5.73 Å². The van der Waals surface area contributed by atoms with E-state index in [2.05, 4.69) is 15.9 Å². The maximum atomic E-state index is 13.4. The first kappa shape index (κ1) is 13.8. The summed E-state index contributed by atoms with van der Waals surface area (Å²) in [6, 6.07) is 9.16. The van der Waals surface area contributed by atoms with Crippen molar-refractivity contribution in [3.8, 4) is 0 Å². The number of hydrogen-bond donors (Lipinski definition) is 1. The summed E-state index contributed by atoms with van der Waals surface area (Å²) in [6.07, 6.45) is 0. The highest BCUT2D eigenvalue weighted by molar-refractivity contribution is 9.10. The predicted octanol–water partition coefficient (Wildman–Crippen LogP) is 2.97. The summed E-state index contributed by atoms with van der Waals surface area (Å²) in [5.74, 6) is -1.32. The van der Waals surface area contributed by atoms with Crippen LogP contribution in [0.1, 0.15) is 26.3 Å². The molecule has 2 aromatic rings. The second-order valence-corrected chi connectivity index (χ2v) is 5.66. The number of nitrogens with two attached hydrogens (primary N) is 1. The van der Waals surface area contributed by atoms with E-state index in [1.54, 1.807) is 24.3 Å². The molecule has 0 radical (unpaired) electrons. The Morgan fingerprint density at radius 1 is 1.05 bits per heavy atom. The minimum atomic E-state index is -0.563. The Hall–Kier alpha value is -2.21. The number of amides is 2. The Balaban J connectivity index is 1.93. The number of anilines is 1. The molecular formula is C15H10BrFN2O2. The van der Waals surface area contributed by atoms with Crippen LogP contribution in [0.25, 0.3) is 0 Å². The van der Waals surface area contributed by atoms with Crippen molar-refractivity contribution in [1.82, 2.24) is 4.90 Å². The highest BCUT2D eigenvalue weighted by Crippen LogP contribution is 2.27. The van der Waals surface area contributed by atoms with Gasteiger partial charge < -0.3 is 5.73 Å². The molecular weight excluding hydrogens is 339 g/mol. The summed E-state index contributed by atoms with van der Waals surface area (Å²) < 4.78 is 14.2. The molecule has 2 aromatic carbocycles. The third-order valence-corrected chi connectivity index (χ3v) is 3.83. The fraction of sp³-hybridized carbons (Fsp3) is 0.0667. The van der Waals surface area contributed by atoms with Crippen molar-refractivity contribution >= 4 is 33.4 Å². The molecule has 0 bridgehead atoms. The Morgan fingerprint density at radius 2 is 1.76 bits per heavy atom. The first-order valence-electron chi connectivity index (χ1n) is 6.17. The summed E-state index contributed by atoms with van der Waals surface area (Å²) in [5.41, 5.74) is 6.66. The molecule has 1 aliphatic heterocycles. The van der Waals surface area contributed by atoms with Gasteiger partial charge in [-0.2, -0.15) is 0 Å². The molecule has 0 fully saturated rings. The summed E-state index contributed by atoms with van der Waals surface area (Å²) >= 11 is 3.27. The molecule has 0 atom stereocenters. The summed E-state index contributed by atoms with van der Waals surface area (Å²) in [6.45, 7) is 0.0150. The number of benzene rings is 2. The summed E-state index contributed by atoms with van der Waals surface area (Å²) in [5, 5.41) is 0. The number of nitrogen functional groups attached to an aromatic ring is 1. The molecule has 21 heavy (non-hydrogen) atoms. The van der Waals surface area contributed by atoms with E-state index in [0.29, 0.717) is 16.7 Å². The number of nitrogens with zero attached hydrogens (tertiary/aromatic N) is 1. The average Bonchev–Trinajstić information content (AvgIpc) is 2.68. The van der Waals surface area contributed by atoms with E-state index >= 15 is 0 Å². The number of imide groups is 1. The maximum absolute atomic E-state index is 13.4. The molecule has 1 heterocycles. The lowest BCUT2D eigenvalue weighted by atomic mass is 10.1. The van der Waals surface area contributed by atoms with Crippen LogP contribution in [0.3, 0.4) is 0 Å². The predicted molar refractivity (Wildman–Crippen MR) is 79.2 cm³/mol. The molecule has 0 unspecified atom stereocenters. The topological polar surface area (TPSA) is 63.4 Å². The van der Waals surface area contributed by atoms with Crippen LogP contribution >= 0.6 is 15.9 Å². The zero-order valence-corrected chi connectivity index (χ0v) is 12.4. The molecule has 2 N–H and O–H groups in total. The molecule has 0 aromatic heterocycles. The van der Waals surface area contributed by atoms with Gasteiger partial charge in [0.05, 0.1) is 23.4 Å². The lowest BCUT2D eigenvalue weighted by molar-refractivity contribution is 0.0642. The second kappa shape index (κ2) is 4.96. The van der Waals surface area contributed by atoms with Crippen molar-refractivity contribution in [2.45, 2.75) is 6.54 Å². The maximum Gasteiger partial charge on any atom is 0.261 e. The van der Waals surface area contributed by atoms with Crippen molar-refractivity contribution in [2.24, 2.45) is 0 Å². The quantitative estimate of drug-likeness (QED) is 0.670. The Morgan fingerprint density at radius 3 is 2.48 bits per heavy atom. The van der Waals surface area contributed by atoms with E-state index in [0.717, 1.165) is 9.37 Å². The van der Waals surface area contributed by atoms with Gasteiger partial charge in [0.2, 0.25) is 0 Å². The first-order valence-corrected chi connectivity index (χ1v) is 6.96. The zero-order valence-electron chi connectivity index (χ0n) is 10.8. The van der Waals surface area contributed by atoms with Crippen molar-refractivity contribution < 1.29 is 14.0 Å². The van der Waals surface area contributed by atoms with Crippen LogP contribution in [0, 0.1) is 5.82 Å². The molecule has 4 nitrogen and oxygen atoms in total. The number of hydrogen-bond acceptors (Lipinski definition) is 3.